The Balaban J connectivity index is 2.16. The molecule has 0 radical (unpaired) electrons. The van der Waals surface area contributed by atoms with Crippen LogP contribution in [0.5, 0.6) is 5.75 Å². The van der Waals surface area contributed by atoms with E-state index in [4.69, 9.17) is 16.3 Å². The number of amides is 1. The Morgan fingerprint density at radius 3 is 2.37 bits per heavy atom. The van der Waals surface area contributed by atoms with E-state index in [1.54, 1.807) is 24.3 Å². The first-order valence-electron chi connectivity index (χ1n) is 8.05. The van der Waals surface area contributed by atoms with Crippen molar-refractivity contribution in [3.63, 3.8) is 0 Å². The molecule has 146 valence electrons. The van der Waals surface area contributed by atoms with E-state index in [9.17, 15) is 17.6 Å². The first-order valence-corrected chi connectivity index (χ1v) is 10.3. The van der Waals surface area contributed by atoms with Crippen molar-refractivity contribution in [3.05, 3.63) is 53.3 Å². The van der Waals surface area contributed by atoms with Crippen LogP contribution in [0.3, 0.4) is 0 Å². The van der Waals surface area contributed by atoms with Gasteiger partial charge in [-0.05, 0) is 56.3 Å². The van der Waals surface area contributed by atoms with Crippen molar-refractivity contribution in [2.24, 2.45) is 0 Å². The van der Waals surface area contributed by atoms with Gasteiger partial charge >= 0.3 is 0 Å². The van der Waals surface area contributed by atoms with E-state index in [0.717, 1.165) is 16.6 Å². The predicted octanol–water partition coefficient (Wildman–Crippen LogP) is 3.67. The van der Waals surface area contributed by atoms with E-state index in [1.165, 1.54) is 12.1 Å². The van der Waals surface area contributed by atoms with Gasteiger partial charge in [0.15, 0.2) is 0 Å². The average Bonchev–Trinajstić information content (AvgIpc) is 2.55. The third kappa shape index (κ3) is 6.11. The van der Waals surface area contributed by atoms with Gasteiger partial charge in [-0.3, -0.25) is 9.10 Å². The molecule has 0 atom stereocenters. The Hall–Kier alpha value is -2.32. The fraction of sp³-hybridized carbons (Fsp3) is 0.278. The molecule has 0 unspecified atom stereocenters. The summed E-state index contributed by atoms with van der Waals surface area (Å²) in [6, 6.07) is 10.1. The maximum atomic E-state index is 13.2. The lowest BCUT2D eigenvalue weighted by molar-refractivity contribution is -0.114. The quantitative estimate of drug-likeness (QED) is 0.750. The van der Waals surface area contributed by atoms with Crippen LogP contribution in [0.4, 0.5) is 15.8 Å². The van der Waals surface area contributed by atoms with Gasteiger partial charge in [-0.25, -0.2) is 12.8 Å². The standard InChI is InChI=1S/C18H20ClFN2O4S/c1-12(2)26-15-7-5-14(6-8-15)22(27(3,24)25)11-18(23)21-13-4-9-17(20)16(19)10-13/h4-10,12H,11H2,1-3H3,(H,21,23). The molecule has 0 fully saturated rings. The molecule has 1 N–H and O–H groups in total. The number of halogens is 2. The lowest BCUT2D eigenvalue weighted by Gasteiger charge is -2.22. The van der Waals surface area contributed by atoms with Crippen molar-refractivity contribution < 1.29 is 22.3 Å². The van der Waals surface area contributed by atoms with Gasteiger partial charge in [0.1, 0.15) is 18.1 Å². The highest BCUT2D eigenvalue weighted by Crippen LogP contribution is 2.23. The smallest absolute Gasteiger partial charge is 0.245 e. The average molecular weight is 415 g/mol. The summed E-state index contributed by atoms with van der Waals surface area (Å²) in [6.07, 6.45) is 0.989. The SMILES string of the molecule is CC(C)Oc1ccc(N(CC(=O)Nc2ccc(F)c(Cl)c2)S(C)(=O)=O)cc1. The number of ether oxygens (including phenoxy) is 1. The number of nitrogens with one attached hydrogen (secondary N) is 1. The summed E-state index contributed by atoms with van der Waals surface area (Å²) in [5.41, 5.74) is 0.585. The minimum Gasteiger partial charge on any atom is -0.491 e. The second-order valence-electron chi connectivity index (χ2n) is 6.11. The van der Waals surface area contributed by atoms with Gasteiger partial charge in [-0.15, -0.1) is 0 Å². The van der Waals surface area contributed by atoms with Crippen LogP contribution in [0.25, 0.3) is 0 Å². The second kappa shape index (κ2) is 8.58. The predicted molar refractivity (Wildman–Crippen MR) is 104 cm³/mol. The number of rotatable bonds is 7. The van der Waals surface area contributed by atoms with Crippen LogP contribution in [-0.2, 0) is 14.8 Å². The molecule has 2 aromatic rings. The molecule has 0 aromatic heterocycles. The zero-order chi connectivity index (χ0) is 20.2. The fourth-order valence-electron chi connectivity index (χ4n) is 2.27. The lowest BCUT2D eigenvalue weighted by Crippen LogP contribution is -2.37. The minimum atomic E-state index is -3.71. The van der Waals surface area contributed by atoms with E-state index in [2.05, 4.69) is 5.32 Å². The van der Waals surface area contributed by atoms with Crippen molar-refractivity contribution in [1.82, 2.24) is 0 Å². The molecule has 0 saturated heterocycles. The molecule has 2 aromatic carbocycles. The Morgan fingerprint density at radius 1 is 1.22 bits per heavy atom. The van der Waals surface area contributed by atoms with E-state index in [0.29, 0.717) is 11.4 Å². The number of sulfonamides is 1. The van der Waals surface area contributed by atoms with Crippen molar-refractivity contribution >= 4 is 38.9 Å². The number of carbonyl (C=O) groups is 1. The molecule has 9 heteroatoms. The molecule has 0 aliphatic rings. The molecule has 2 rings (SSSR count). The number of carbonyl (C=O) groups excluding carboxylic acids is 1. The van der Waals surface area contributed by atoms with Crippen molar-refractivity contribution in [3.8, 4) is 5.75 Å². The maximum absolute atomic E-state index is 13.2. The van der Waals surface area contributed by atoms with Crippen LogP contribution in [-0.4, -0.2) is 33.2 Å². The number of anilines is 2. The van der Waals surface area contributed by atoms with Gasteiger partial charge in [0.2, 0.25) is 15.9 Å². The monoisotopic (exact) mass is 414 g/mol. The third-order valence-corrected chi connectivity index (χ3v) is 4.82. The van der Waals surface area contributed by atoms with Crippen LogP contribution in [0.2, 0.25) is 5.02 Å². The first-order chi connectivity index (χ1) is 12.6. The van der Waals surface area contributed by atoms with Crippen LogP contribution in [0.15, 0.2) is 42.5 Å². The molecule has 27 heavy (non-hydrogen) atoms. The van der Waals surface area contributed by atoms with Crippen molar-refractivity contribution in [2.75, 3.05) is 22.4 Å². The molecule has 1 amide bonds. The summed E-state index contributed by atoms with van der Waals surface area (Å²) in [7, 11) is -3.71. The van der Waals surface area contributed by atoms with Crippen LogP contribution in [0, 0.1) is 5.82 Å². The van der Waals surface area contributed by atoms with Crippen molar-refractivity contribution in [2.45, 2.75) is 20.0 Å². The molecular formula is C18H20ClFN2O4S. The molecule has 0 bridgehead atoms. The summed E-state index contributed by atoms with van der Waals surface area (Å²) in [5.74, 6) is -0.616. The molecule has 6 nitrogen and oxygen atoms in total. The maximum Gasteiger partial charge on any atom is 0.245 e. The highest BCUT2D eigenvalue weighted by molar-refractivity contribution is 7.92. The molecular weight excluding hydrogens is 395 g/mol. The molecule has 0 heterocycles. The minimum absolute atomic E-state index is 0.0184. The first kappa shape index (κ1) is 21.0. The Bertz CT molecular complexity index is 917. The van der Waals surface area contributed by atoms with E-state index in [-0.39, 0.29) is 16.8 Å². The van der Waals surface area contributed by atoms with Crippen molar-refractivity contribution in [1.29, 1.82) is 0 Å². The summed E-state index contributed by atoms with van der Waals surface area (Å²) >= 11 is 5.68. The summed E-state index contributed by atoms with van der Waals surface area (Å²) in [4.78, 5) is 12.3. The summed E-state index contributed by atoms with van der Waals surface area (Å²) in [6.45, 7) is 3.31. The van der Waals surface area contributed by atoms with Crippen LogP contribution in [0.1, 0.15) is 13.8 Å². The normalized spacial score (nSPS) is 11.3. The highest BCUT2D eigenvalue weighted by atomic mass is 35.5. The van der Waals surface area contributed by atoms with Gasteiger partial charge in [0.25, 0.3) is 0 Å². The number of hydrogen-bond acceptors (Lipinski definition) is 4. The van der Waals surface area contributed by atoms with Gasteiger partial charge < -0.3 is 10.1 Å². The number of nitrogens with zero attached hydrogens (tertiary/aromatic N) is 1. The Kier molecular flexibility index (Phi) is 6.67. The topological polar surface area (TPSA) is 75.7 Å². The lowest BCUT2D eigenvalue weighted by atomic mass is 10.3. The van der Waals surface area contributed by atoms with Crippen LogP contribution >= 0.6 is 11.6 Å². The van der Waals surface area contributed by atoms with E-state index >= 15 is 0 Å². The molecule has 0 aliphatic carbocycles. The van der Waals surface area contributed by atoms with Gasteiger partial charge in [-0.1, -0.05) is 11.6 Å². The van der Waals surface area contributed by atoms with Gasteiger partial charge in [0, 0.05) is 5.69 Å². The highest BCUT2D eigenvalue weighted by Gasteiger charge is 2.21. The Labute approximate surface area is 162 Å². The van der Waals surface area contributed by atoms with E-state index in [1.807, 2.05) is 13.8 Å². The molecule has 0 spiro atoms. The third-order valence-electron chi connectivity index (χ3n) is 3.39. The summed E-state index contributed by atoms with van der Waals surface area (Å²) < 4.78 is 43.9. The zero-order valence-corrected chi connectivity index (χ0v) is 16.6. The zero-order valence-electron chi connectivity index (χ0n) is 15.1. The van der Waals surface area contributed by atoms with E-state index < -0.39 is 28.3 Å². The number of hydrogen-bond donors (Lipinski definition) is 1. The fourth-order valence-corrected chi connectivity index (χ4v) is 3.30. The van der Waals surface area contributed by atoms with Gasteiger partial charge in [-0.2, -0.15) is 0 Å². The van der Waals surface area contributed by atoms with Crippen LogP contribution < -0.4 is 14.4 Å². The number of benzene rings is 2. The second-order valence-corrected chi connectivity index (χ2v) is 8.42. The summed E-state index contributed by atoms with van der Waals surface area (Å²) in [5, 5.41) is 2.35. The largest absolute Gasteiger partial charge is 0.491 e. The van der Waals surface area contributed by atoms with Gasteiger partial charge in [0.05, 0.1) is 23.1 Å². The Morgan fingerprint density at radius 2 is 1.85 bits per heavy atom. The molecule has 0 saturated carbocycles. The molecule has 0 aliphatic heterocycles.